The monoisotopic (exact) mass is 446 g/mol. The van der Waals surface area contributed by atoms with E-state index in [0.29, 0.717) is 36.5 Å². The molecule has 0 saturated carbocycles. The van der Waals surface area contributed by atoms with Crippen molar-refractivity contribution in [3.63, 3.8) is 0 Å². The number of aliphatic hydroxyl groups is 1. The number of esters is 1. The van der Waals surface area contributed by atoms with Crippen LogP contribution in [0.2, 0.25) is 5.02 Å². The van der Waals surface area contributed by atoms with Gasteiger partial charge in [-0.25, -0.2) is 0 Å². The Kier molecular flexibility index (Phi) is 10.5. The van der Waals surface area contributed by atoms with E-state index in [-0.39, 0.29) is 24.5 Å². The van der Waals surface area contributed by atoms with Crippen molar-refractivity contribution >= 4 is 23.4 Å². The van der Waals surface area contributed by atoms with Gasteiger partial charge >= 0.3 is 5.97 Å². The third-order valence-electron chi connectivity index (χ3n) is 4.69. The Morgan fingerprint density at radius 2 is 2.06 bits per heavy atom. The second kappa shape index (κ2) is 13.1. The Bertz CT molecular complexity index is 838. The van der Waals surface area contributed by atoms with Crippen LogP contribution in [0, 0.1) is 0 Å². The van der Waals surface area contributed by atoms with Crippen molar-refractivity contribution in [3.05, 3.63) is 64.7 Å². The highest BCUT2D eigenvalue weighted by atomic mass is 35.5. The molecule has 0 saturated heterocycles. The van der Waals surface area contributed by atoms with Crippen LogP contribution in [-0.4, -0.2) is 35.7 Å². The van der Waals surface area contributed by atoms with E-state index in [1.54, 1.807) is 30.3 Å². The number of unbranched alkanes of at least 4 members (excludes halogenated alkanes) is 1. The van der Waals surface area contributed by atoms with Crippen LogP contribution in [-0.2, 0) is 14.3 Å². The van der Waals surface area contributed by atoms with Gasteiger partial charge in [0.15, 0.2) is 5.78 Å². The number of carbonyl (C=O) groups is 2. The summed E-state index contributed by atoms with van der Waals surface area (Å²) < 4.78 is 10.6. The van der Waals surface area contributed by atoms with Crippen LogP contribution in [0.5, 0.6) is 5.75 Å². The molecule has 0 spiro atoms. The number of Topliss-reactive ketones (excluding diaryl/α,β-unsaturated/α-hetero) is 1. The van der Waals surface area contributed by atoms with Gasteiger partial charge in [0.25, 0.3) is 0 Å². The fraction of sp³-hybridized carbons (Fsp3) is 0.440. The van der Waals surface area contributed by atoms with E-state index < -0.39 is 6.10 Å². The van der Waals surface area contributed by atoms with Crippen LogP contribution in [0.4, 0.5) is 0 Å². The minimum Gasteiger partial charge on any atom is -0.491 e. The molecule has 6 heteroatoms. The Hall–Kier alpha value is -2.37. The molecule has 1 atom stereocenters. The minimum absolute atomic E-state index is 0.0863. The number of rotatable bonds is 12. The number of ether oxygens (including phenoxy) is 2. The number of hydrogen-bond acceptors (Lipinski definition) is 5. The molecule has 1 aromatic rings. The van der Waals surface area contributed by atoms with Crippen molar-refractivity contribution in [3.8, 4) is 5.75 Å². The Labute approximate surface area is 189 Å². The van der Waals surface area contributed by atoms with Crippen LogP contribution in [0.3, 0.4) is 0 Å². The number of benzene rings is 1. The van der Waals surface area contributed by atoms with Crippen molar-refractivity contribution < 1.29 is 24.2 Å². The topological polar surface area (TPSA) is 72.8 Å². The third kappa shape index (κ3) is 9.53. The molecule has 31 heavy (non-hydrogen) atoms. The van der Waals surface area contributed by atoms with Gasteiger partial charge in [0.05, 0.1) is 6.10 Å². The number of allylic oxidation sites excluding steroid dienone is 5. The molecular weight excluding hydrogens is 416 g/mol. The van der Waals surface area contributed by atoms with Gasteiger partial charge in [0, 0.05) is 23.4 Å². The second-order valence-corrected chi connectivity index (χ2v) is 8.16. The summed E-state index contributed by atoms with van der Waals surface area (Å²) in [5.74, 6) is 0.565. The molecule has 1 N–H and O–H groups in total. The summed E-state index contributed by atoms with van der Waals surface area (Å²) in [6.45, 7) is 3.77. The molecule has 1 aliphatic carbocycles. The first kappa shape index (κ1) is 24.9. The maximum atomic E-state index is 12.2. The van der Waals surface area contributed by atoms with Crippen molar-refractivity contribution in [1.82, 2.24) is 0 Å². The highest BCUT2D eigenvalue weighted by Gasteiger charge is 2.20. The minimum atomic E-state index is -0.787. The van der Waals surface area contributed by atoms with Crippen molar-refractivity contribution in [1.29, 1.82) is 0 Å². The average molecular weight is 447 g/mol. The zero-order valence-electron chi connectivity index (χ0n) is 18.2. The predicted octanol–water partition coefficient (Wildman–Crippen LogP) is 5.36. The SMILES string of the molecule is CC(C)OC(=O)CCCC=CCC1=C(C=CC(O)COc2cccc(Cl)c2)CCC1=O. The van der Waals surface area contributed by atoms with Crippen LogP contribution in [0.1, 0.15) is 52.4 Å². The quantitative estimate of drug-likeness (QED) is 0.265. The molecule has 0 aliphatic heterocycles. The first-order chi connectivity index (χ1) is 14.8. The maximum absolute atomic E-state index is 12.2. The number of aliphatic hydroxyl groups excluding tert-OH is 1. The Balaban J connectivity index is 1.79. The Morgan fingerprint density at radius 3 is 2.81 bits per heavy atom. The number of ketones is 1. The second-order valence-electron chi connectivity index (χ2n) is 7.73. The normalized spacial score (nSPS) is 15.5. The van der Waals surface area contributed by atoms with Gasteiger partial charge in [-0.1, -0.05) is 42.0 Å². The summed E-state index contributed by atoms with van der Waals surface area (Å²) in [6.07, 6.45) is 10.2. The summed E-state index contributed by atoms with van der Waals surface area (Å²) >= 11 is 5.92. The first-order valence-corrected chi connectivity index (χ1v) is 11.1. The van der Waals surface area contributed by atoms with Gasteiger partial charge in [0.1, 0.15) is 18.5 Å². The lowest BCUT2D eigenvalue weighted by atomic mass is 10.1. The van der Waals surface area contributed by atoms with E-state index in [1.165, 1.54) is 0 Å². The van der Waals surface area contributed by atoms with E-state index in [9.17, 15) is 14.7 Å². The molecule has 0 aromatic heterocycles. The lowest BCUT2D eigenvalue weighted by Gasteiger charge is -2.09. The maximum Gasteiger partial charge on any atom is 0.306 e. The summed E-state index contributed by atoms with van der Waals surface area (Å²) in [6, 6.07) is 7.00. The molecule has 2 rings (SSSR count). The molecule has 168 valence electrons. The third-order valence-corrected chi connectivity index (χ3v) is 4.92. The van der Waals surface area contributed by atoms with E-state index in [2.05, 4.69) is 0 Å². The molecule has 1 aromatic carbocycles. The lowest BCUT2D eigenvalue weighted by Crippen LogP contribution is -2.14. The van der Waals surface area contributed by atoms with Crippen molar-refractivity contribution in [2.45, 2.75) is 64.6 Å². The average Bonchev–Trinajstić information content (AvgIpc) is 3.06. The molecular formula is C25H31ClO5. The van der Waals surface area contributed by atoms with Gasteiger partial charge in [-0.2, -0.15) is 0 Å². The van der Waals surface area contributed by atoms with Gasteiger partial charge < -0.3 is 14.6 Å². The van der Waals surface area contributed by atoms with Crippen LogP contribution >= 0.6 is 11.6 Å². The summed E-state index contributed by atoms with van der Waals surface area (Å²) in [5.41, 5.74) is 1.74. The zero-order valence-corrected chi connectivity index (χ0v) is 18.9. The molecule has 5 nitrogen and oxygen atoms in total. The van der Waals surface area contributed by atoms with Crippen LogP contribution in [0.15, 0.2) is 59.7 Å². The van der Waals surface area contributed by atoms with E-state index >= 15 is 0 Å². The lowest BCUT2D eigenvalue weighted by molar-refractivity contribution is -0.147. The van der Waals surface area contributed by atoms with Crippen LogP contribution in [0.25, 0.3) is 0 Å². The molecule has 1 aliphatic rings. The van der Waals surface area contributed by atoms with E-state index in [0.717, 1.165) is 24.0 Å². The predicted molar refractivity (Wildman–Crippen MR) is 122 cm³/mol. The molecule has 0 heterocycles. The highest BCUT2D eigenvalue weighted by Crippen LogP contribution is 2.27. The van der Waals surface area contributed by atoms with Gasteiger partial charge in [-0.15, -0.1) is 0 Å². The van der Waals surface area contributed by atoms with Gasteiger partial charge in [-0.3, -0.25) is 9.59 Å². The molecule has 1 unspecified atom stereocenters. The van der Waals surface area contributed by atoms with Crippen LogP contribution < -0.4 is 4.74 Å². The molecule has 0 bridgehead atoms. The van der Waals surface area contributed by atoms with Crippen molar-refractivity contribution in [2.75, 3.05) is 6.61 Å². The summed E-state index contributed by atoms with van der Waals surface area (Å²) in [7, 11) is 0. The number of hydrogen-bond donors (Lipinski definition) is 1. The smallest absolute Gasteiger partial charge is 0.306 e. The standard InChI is InChI=1S/C25H31ClO5/c1-18(2)31-25(29)11-6-4-3-5-10-23-19(13-15-24(23)28)12-14-21(27)17-30-22-9-7-8-20(26)16-22/h3,5,7-9,12,14,16,18,21,27H,4,6,10-11,13,15,17H2,1-2H3. The Morgan fingerprint density at radius 1 is 1.26 bits per heavy atom. The summed E-state index contributed by atoms with van der Waals surface area (Å²) in [5, 5.41) is 10.7. The van der Waals surface area contributed by atoms with E-state index in [1.807, 2.05) is 32.1 Å². The van der Waals surface area contributed by atoms with Gasteiger partial charge in [-0.05, 0) is 63.3 Å². The summed E-state index contributed by atoms with van der Waals surface area (Å²) in [4.78, 5) is 23.7. The van der Waals surface area contributed by atoms with Gasteiger partial charge in [0.2, 0.25) is 0 Å². The van der Waals surface area contributed by atoms with Crippen molar-refractivity contribution in [2.24, 2.45) is 0 Å². The molecule has 0 radical (unpaired) electrons. The highest BCUT2D eigenvalue weighted by molar-refractivity contribution is 6.30. The number of halogens is 1. The largest absolute Gasteiger partial charge is 0.491 e. The fourth-order valence-electron chi connectivity index (χ4n) is 3.18. The fourth-order valence-corrected chi connectivity index (χ4v) is 3.36. The molecule has 0 amide bonds. The molecule has 0 fully saturated rings. The first-order valence-electron chi connectivity index (χ1n) is 10.7. The number of carbonyl (C=O) groups excluding carboxylic acids is 2. The zero-order chi connectivity index (χ0) is 22.6. The van der Waals surface area contributed by atoms with E-state index in [4.69, 9.17) is 21.1 Å².